The van der Waals surface area contributed by atoms with Crippen molar-refractivity contribution in [3.63, 3.8) is 0 Å². The zero-order chi connectivity index (χ0) is 18.8. The maximum Gasteiger partial charge on any atom is 0.185 e. The fraction of sp³-hybridized carbons (Fsp3) is 0.348. The molecule has 0 saturated carbocycles. The van der Waals surface area contributed by atoms with Gasteiger partial charge in [-0.1, -0.05) is 80.6 Å². The van der Waals surface area contributed by atoms with Crippen LogP contribution in [0.15, 0.2) is 72.8 Å². The van der Waals surface area contributed by atoms with Crippen LogP contribution in [-0.2, 0) is 16.1 Å². The van der Waals surface area contributed by atoms with E-state index in [1.807, 2.05) is 54.6 Å². The van der Waals surface area contributed by atoms with E-state index in [1.54, 1.807) is 13.2 Å². The Morgan fingerprint density at radius 2 is 1.62 bits per heavy atom. The molecule has 0 unspecified atom stereocenters. The predicted molar refractivity (Wildman–Crippen MR) is 105 cm³/mol. The SMILES string of the molecule is CO[C@H]([C@H](C)/C=C/C(=O)c1ccccc1)[C@@H](C)COCc1ccccc1. The van der Waals surface area contributed by atoms with Gasteiger partial charge in [-0.15, -0.1) is 0 Å². The van der Waals surface area contributed by atoms with E-state index in [0.29, 0.717) is 18.8 Å². The van der Waals surface area contributed by atoms with Crippen LogP contribution in [0.3, 0.4) is 0 Å². The highest BCUT2D eigenvalue weighted by Crippen LogP contribution is 2.19. The monoisotopic (exact) mass is 352 g/mol. The molecule has 0 aliphatic carbocycles. The lowest BCUT2D eigenvalue weighted by atomic mass is 9.93. The van der Waals surface area contributed by atoms with Crippen molar-refractivity contribution in [2.45, 2.75) is 26.6 Å². The normalized spacial score (nSPS) is 14.9. The Balaban J connectivity index is 1.85. The number of ether oxygens (including phenoxy) is 2. The van der Waals surface area contributed by atoms with Crippen molar-refractivity contribution in [1.29, 1.82) is 0 Å². The summed E-state index contributed by atoms with van der Waals surface area (Å²) in [6, 6.07) is 19.4. The highest BCUT2D eigenvalue weighted by molar-refractivity contribution is 6.04. The van der Waals surface area contributed by atoms with Gasteiger partial charge in [0.1, 0.15) is 0 Å². The minimum absolute atomic E-state index is 0.00871. The van der Waals surface area contributed by atoms with Gasteiger partial charge >= 0.3 is 0 Å². The second-order valence-corrected chi connectivity index (χ2v) is 6.63. The van der Waals surface area contributed by atoms with Crippen molar-refractivity contribution in [3.8, 4) is 0 Å². The first-order chi connectivity index (χ1) is 12.6. The standard InChI is InChI=1S/C23H28O3/c1-18(14-15-22(24)21-12-8-5-9-13-21)23(25-3)19(2)16-26-17-20-10-6-4-7-11-20/h4-15,18-19,23H,16-17H2,1-3H3/b15-14+/t18-,19+,23-/m1/s1. The van der Waals surface area contributed by atoms with Gasteiger partial charge in [0.2, 0.25) is 0 Å². The van der Waals surface area contributed by atoms with Gasteiger partial charge in [0, 0.05) is 24.5 Å². The summed E-state index contributed by atoms with van der Waals surface area (Å²) in [6.45, 7) is 5.38. The Morgan fingerprint density at radius 3 is 2.23 bits per heavy atom. The molecule has 138 valence electrons. The van der Waals surface area contributed by atoms with Crippen molar-refractivity contribution < 1.29 is 14.3 Å². The van der Waals surface area contributed by atoms with Crippen molar-refractivity contribution in [1.82, 2.24) is 0 Å². The molecule has 0 heterocycles. The fourth-order valence-electron chi connectivity index (χ4n) is 3.04. The minimum atomic E-state index is -0.00871. The van der Waals surface area contributed by atoms with E-state index in [-0.39, 0.29) is 23.7 Å². The molecule has 0 radical (unpaired) electrons. The average molecular weight is 352 g/mol. The molecule has 26 heavy (non-hydrogen) atoms. The summed E-state index contributed by atoms with van der Waals surface area (Å²) in [7, 11) is 1.71. The second kappa shape index (κ2) is 10.7. The Hall–Kier alpha value is -2.23. The maximum absolute atomic E-state index is 12.2. The van der Waals surface area contributed by atoms with Crippen molar-refractivity contribution >= 4 is 5.78 Å². The van der Waals surface area contributed by atoms with Crippen molar-refractivity contribution in [2.75, 3.05) is 13.7 Å². The average Bonchev–Trinajstić information content (AvgIpc) is 2.68. The number of carbonyl (C=O) groups excluding carboxylic acids is 1. The molecule has 0 bridgehead atoms. The minimum Gasteiger partial charge on any atom is -0.380 e. The van der Waals surface area contributed by atoms with E-state index in [1.165, 1.54) is 0 Å². The Morgan fingerprint density at radius 1 is 1.00 bits per heavy atom. The molecule has 0 amide bonds. The Kier molecular flexibility index (Phi) is 8.26. The summed E-state index contributed by atoms with van der Waals surface area (Å²) in [4.78, 5) is 12.2. The number of allylic oxidation sites excluding steroid dienone is 1. The zero-order valence-corrected chi connectivity index (χ0v) is 15.8. The first-order valence-corrected chi connectivity index (χ1v) is 9.04. The number of ketones is 1. The van der Waals surface area contributed by atoms with Gasteiger partial charge in [-0.2, -0.15) is 0 Å². The molecule has 3 heteroatoms. The lowest BCUT2D eigenvalue weighted by Crippen LogP contribution is -2.30. The molecule has 0 aliphatic heterocycles. The van der Waals surface area contributed by atoms with Gasteiger partial charge in [0.25, 0.3) is 0 Å². The van der Waals surface area contributed by atoms with Gasteiger partial charge in [-0.25, -0.2) is 0 Å². The van der Waals surface area contributed by atoms with Gasteiger partial charge in [0.15, 0.2) is 5.78 Å². The molecule has 0 N–H and O–H groups in total. The van der Waals surface area contributed by atoms with Crippen molar-refractivity contribution in [3.05, 3.63) is 83.9 Å². The molecule has 0 spiro atoms. The third-order valence-electron chi connectivity index (χ3n) is 4.45. The molecule has 0 aliphatic rings. The van der Waals surface area contributed by atoms with Crippen LogP contribution in [0.2, 0.25) is 0 Å². The van der Waals surface area contributed by atoms with Gasteiger partial charge in [0.05, 0.1) is 19.3 Å². The molecule has 3 atom stereocenters. The third-order valence-corrected chi connectivity index (χ3v) is 4.45. The number of benzene rings is 2. The number of rotatable bonds is 10. The number of hydrogen-bond donors (Lipinski definition) is 0. The molecular weight excluding hydrogens is 324 g/mol. The molecule has 2 rings (SSSR count). The van der Waals surface area contributed by atoms with Crippen LogP contribution < -0.4 is 0 Å². The van der Waals surface area contributed by atoms with Gasteiger partial charge in [-0.3, -0.25) is 4.79 Å². The topological polar surface area (TPSA) is 35.5 Å². The lowest BCUT2D eigenvalue weighted by Gasteiger charge is -2.26. The van der Waals surface area contributed by atoms with Crippen LogP contribution in [0.1, 0.15) is 29.8 Å². The number of carbonyl (C=O) groups is 1. The van der Waals surface area contributed by atoms with E-state index < -0.39 is 0 Å². The molecule has 2 aromatic rings. The highest BCUT2D eigenvalue weighted by atomic mass is 16.5. The second-order valence-electron chi connectivity index (χ2n) is 6.63. The first-order valence-electron chi connectivity index (χ1n) is 9.04. The highest BCUT2D eigenvalue weighted by Gasteiger charge is 2.22. The summed E-state index contributed by atoms with van der Waals surface area (Å²) < 4.78 is 11.5. The number of methoxy groups -OCH3 is 1. The molecular formula is C23H28O3. The van der Waals surface area contributed by atoms with Gasteiger partial charge in [-0.05, 0) is 11.6 Å². The van der Waals surface area contributed by atoms with Crippen LogP contribution >= 0.6 is 0 Å². The Bertz CT molecular complexity index is 679. The largest absolute Gasteiger partial charge is 0.380 e. The van der Waals surface area contributed by atoms with Crippen LogP contribution in [0.25, 0.3) is 0 Å². The maximum atomic E-state index is 12.2. The summed E-state index contributed by atoms with van der Waals surface area (Å²) >= 11 is 0. The number of hydrogen-bond acceptors (Lipinski definition) is 3. The lowest BCUT2D eigenvalue weighted by molar-refractivity contribution is -0.0132. The van der Waals surface area contributed by atoms with E-state index in [4.69, 9.17) is 9.47 Å². The van der Waals surface area contributed by atoms with E-state index in [0.717, 1.165) is 5.56 Å². The predicted octanol–water partition coefficient (Wildman–Crippen LogP) is 4.93. The first kappa shape index (κ1) is 20.1. The van der Waals surface area contributed by atoms with Crippen LogP contribution in [0.5, 0.6) is 0 Å². The fourth-order valence-corrected chi connectivity index (χ4v) is 3.04. The summed E-state index contributed by atoms with van der Waals surface area (Å²) in [6.07, 6.45) is 3.56. The molecule has 3 nitrogen and oxygen atoms in total. The third kappa shape index (κ3) is 6.25. The van der Waals surface area contributed by atoms with Gasteiger partial charge < -0.3 is 9.47 Å². The van der Waals surface area contributed by atoms with E-state index in [9.17, 15) is 4.79 Å². The summed E-state index contributed by atoms with van der Waals surface area (Å²) in [5.74, 6) is 0.346. The van der Waals surface area contributed by atoms with Crippen molar-refractivity contribution in [2.24, 2.45) is 11.8 Å². The quantitative estimate of drug-likeness (QED) is 0.449. The summed E-state index contributed by atoms with van der Waals surface area (Å²) in [5, 5.41) is 0. The van der Waals surface area contributed by atoms with Crippen LogP contribution in [0.4, 0.5) is 0 Å². The molecule has 0 saturated heterocycles. The molecule has 0 fully saturated rings. The van der Waals surface area contributed by atoms with Crippen LogP contribution in [-0.4, -0.2) is 25.6 Å². The molecule has 2 aromatic carbocycles. The van der Waals surface area contributed by atoms with Crippen LogP contribution in [0, 0.1) is 11.8 Å². The molecule has 0 aromatic heterocycles. The van der Waals surface area contributed by atoms with E-state index >= 15 is 0 Å². The Labute approximate surface area is 156 Å². The van der Waals surface area contributed by atoms with E-state index in [2.05, 4.69) is 26.0 Å². The zero-order valence-electron chi connectivity index (χ0n) is 15.8. The smallest absolute Gasteiger partial charge is 0.185 e. The summed E-state index contributed by atoms with van der Waals surface area (Å²) in [5.41, 5.74) is 1.86.